The van der Waals surface area contributed by atoms with Gasteiger partial charge >= 0.3 is 0 Å². The molecule has 0 aliphatic rings. The lowest BCUT2D eigenvalue weighted by Gasteiger charge is -2.10. The van der Waals surface area contributed by atoms with Crippen molar-refractivity contribution in [2.45, 2.75) is 6.42 Å². The Labute approximate surface area is 136 Å². The molecule has 0 aliphatic heterocycles. The van der Waals surface area contributed by atoms with Crippen LogP contribution in [0.4, 0.5) is 0 Å². The summed E-state index contributed by atoms with van der Waals surface area (Å²) in [6.45, 7) is 0.851. The molecule has 0 aliphatic carbocycles. The summed E-state index contributed by atoms with van der Waals surface area (Å²) in [6.07, 6.45) is 0.284. The summed E-state index contributed by atoms with van der Waals surface area (Å²) in [6, 6.07) is 14.8. The van der Waals surface area contributed by atoms with E-state index in [1.165, 1.54) is 0 Å². The number of para-hydroxylation sites is 1. The number of rotatable bonds is 8. The van der Waals surface area contributed by atoms with Crippen LogP contribution in [0.5, 0.6) is 17.2 Å². The van der Waals surface area contributed by atoms with E-state index in [9.17, 15) is 4.79 Å². The fourth-order valence-corrected chi connectivity index (χ4v) is 2.12. The Hall–Kier alpha value is -2.69. The van der Waals surface area contributed by atoms with Crippen LogP contribution in [0.1, 0.15) is 5.56 Å². The molecule has 0 bridgehead atoms. The highest BCUT2D eigenvalue weighted by atomic mass is 16.5. The predicted molar refractivity (Wildman–Crippen MR) is 88.2 cm³/mol. The number of benzene rings is 2. The molecule has 23 heavy (non-hydrogen) atoms. The highest BCUT2D eigenvalue weighted by Gasteiger charge is 2.07. The summed E-state index contributed by atoms with van der Waals surface area (Å²) in [7, 11) is 3.21. The Balaban J connectivity index is 1.72. The average molecular weight is 315 g/mol. The van der Waals surface area contributed by atoms with Crippen LogP contribution in [0.2, 0.25) is 0 Å². The molecule has 0 unspecified atom stereocenters. The van der Waals surface area contributed by atoms with Gasteiger partial charge in [-0.05, 0) is 30.3 Å². The highest BCUT2D eigenvalue weighted by molar-refractivity contribution is 5.79. The van der Waals surface area contributed by atoms with Gasteiger partial charge in [-0.1, -0.05) is 18.2 Å². The van der Waals surface area contributed by atoms with Crippen molar-refractivity contribution in [3.8, 4) is 17.2 Å². The van der Waals surface area contributed by atoms with Gasteiger partial charge in [0, 0.05) is 5.56 Å². The molecule has 2 aromatic rings. The van der Waals surface area contributed by atoms with E-state index < -0.39 is 0 Å². The van der Waals surface area contributed by atoms with Gasteiger partial charge < -0.3 is 19.5 Å². The summed E-state index contributed by atoms with van der Waals surface area (Å²) in [5, 5.41) is 2.83. The van der Waals surface area contributed by atoms with Crippen LogP contribution in [0.15, 0.2) is 48.5 Å². The Morgan fingerprint density at radius 1 is 0.957 bits per heavy atom. The van der Waals surface area contributed by atoms with Crippen molar-refractivity contribution >= 4 is 5.91 Å². The largest absolute Gasteiger partial charge is 0.497 e. The van der Waals surface area contributed by atoms with Gasteiger partial charge in [-0.15, -0.1) is 0 Å². The molecule has 5 heteroatoms. The van der Waals surface area contributed by atoms with Gasteiger partial charge in [0.2, 0.25) is 5.91 Å². The second kappa shape index (κ2) is 8.68. The van der Waals surface area contributed by atoms with Crippen molar-refractivity contribution in [1.82, 2.24) is 5.32 Å². The topological polar surface area (TPSA) is 56.8 Å². The molecule has 5 nitrogen and oxygen atoms in total. The first-order valence-corrected chi connectivity index (χ1v) is 7.38. The van der Waals surface area contributed by atoms with Crippen molar-refractivity contribution in [3.05, 3.63) is 54.1 Å². The molecule has 0 saturated heterocycles. The minimum atomic E-state index is -0.0622. The van der Waals surface area contributed by atoms with E-state index in [4.69, 9.17) is 14.2 Å². The maximum atomic E-state index is 11.9. The molecule has 122 valence electrons. The SMILES string of the molecule is COc1ccc(OCCNC(=O)Cc2ccccc2OC)cc1. The second-order valence-corrected chi connectivity index (χ2v) is 4.86. The van der Waals surface area contributed by atoms with E-state index in [1.54, 1.807) is 14.2 Å². The molecular weight excluding hydrogens is 294 g/mol. The van der Waals surface area contributed by atoms with Crippen LogP contribution in [0.3, 0.4) is 0 Å². The zero-order valence-corrected chi connectivity index (χ0v) is 13.4. The quantitative estimate of drug-likeness (QED) is 0.760. The molecule has 1 amide bonds. The second-order valence-electron chi connectivity index (χ2n) is 4.86. The lowest BCUT2D eigenvalue weighted by Crippen LogP contribution is -2.29. The Morgan fingerprint density at radius 3 is 2.35 bits per heavy atom. The van der Waals surface area contributed by atoms with Gasteiger partial charge in [0.1, 0.15) is 23.9 Å². The third kappa shape index (κ3) is 5.21. The molecular formula is C18H21NO4. The first-order valence-electron chi connectivity index (χ1n) is 7.38. The molecule has 0 atom stereocenters. The van der Waals surface area contributed by atoms with Gasteiger partial charge in [0.15, 0.2) is 0 Å². The number of nitrogens with one attached hydrogen (secondary N) is 1. The third-order valence-electron chi connectivity index (χ3n) is 3.30. The van der Waals surface area contributed by atoms with Crippen molar-refractivity contribution in [3.63, 3.8) is 0 Å². The van der Waals surface area contributed by atoms with Gasteiger partial charge in [-0.25, -0.2) is 0 Å². The van der Waals surface area contributed by atoms with Gasteiger partial charge in [-0.3, -0.25) is 4.79 Å². The monoisotopic (exact) mass is 315 g/mol. The first kappa shape index (κ1) is 16.7. The molecule has 0 radical (unpaired) electrons. The molecule has 0 heterocycles. The zero-order chi connectivity index (χ0) is 16.5. The Bertz CT molecular complexity index is 625. The van der Waals surface area contributed by atoms with Crippen molar-refractivity contribution in [2.75, 3.05) is 27.4 Å². The Kier molecular flexibility index (Phi) is 6.29. The lowest BCUT2D eigenvalue weighted by molar-refractivity contribution is -0.120. The lowest BCUT2D eigenvalue weighted by atomic mass is 10.1. The van der Waals surface area contributed by atoms with E-state index in [0.717, 1.165) is 22.8 Å². The number of hydrogen-bond acceptors (Lipinski definition) is 4. The standard InChI is InChI=1S/C18H21NO4/c1-21-15-7-9-16(10-8-15)23-12-11-19-18(20)13-14-5-3-4-6-17(14)22-2/h3-10H,11-13H2,1-2H3,(H,19,20). The van der Waals surface area contributed by atoms with Crippen molar-refractivity contribution in [1.29, 1.82) is 0 Å². The summed E-state index contributed by atoms with van der Waals surface area (Å²) in [5.74, 6) is 2.18. The normalized spacial score (nSPS) is 10.0. The number of amides is 1. The van der Waals surface area contributed by atoms with Crippen LogP contribution >= 0.6 is 0 Å². The average Bonchev–Trinajstić information content (AvgIpc) is 2.59. The minimum absolute atomic E-state index is 0.0622. The Morgan fingerprint density at radius 2 is 1.65 bits per heavy atom. The summed E-state index contributed by atoms with van der Waals surface area (Å²) in [5.41, 5.74) is 0.864. The zero-order valence-electron chi connectivity index (χ0n) is 13.4. The number of hydrogen-bond donors (Lipinski definition) is 1. The van der Waals surface area contributed by atoms with Crippen LogP contribution in [-0.4, -0.2) is 33.3 Å². The minimum Gasteiger partial charge on any atom is -0.497 e. The van der Waals surface area contributed by atoms with Crippen LogP contribution < -0.4 is 19.5 Å². The molecule has 0 aromatic heterocycles. The maximum Gasteiger partial charge on any atom is 0.224 e. The third-order valence-corrected chi connectivity index (χ3v) is 3.30. The van der Waals surface area contributed by atoms with Crippen LogP contribution in [0, 0.1) is 0 Å². The van der Waals surface area contributed by atoms with E-state index in [0.29, 0.717) is 13.2 Å². The summed E-state index contributed by atoms with van der Waals surface area (Å²) in [4.78, 5) is 11.9. The highest BCUT2D eigenvalue weighted by Crippen LogP contribution is 2.18. The fourth-order valence-electron chi connectivity index (χ4n) is 2.12. The van der Waals surface area contributed by atoms with Gasteiger partial charge in [0.05, 0.1) is 27.2 Å². The van der Waals surface area contributed by atoms with E-state index in [1.807, 2.05) is 48.5 Å². The van der Waals surface area contributed by atoms with Crippen molar-refractivity contribution in [2.24, 2.45) is 0 Å². The van der Waals surface area contributed by atoms with Crippen LogP contribution in [-0.2, 0) is 11.2 Å². The van der Waals surface area contributed by atoms with Crippen molar-refractivity contribution < 1.29 is 19.0 Å². The summed E-state index contributed by atoms with van der Waals surface area (Å²) >= 11 is 0. The van der Waals surface area contributed by atoms with E-state index in [2.05, 4.69) is 5.32 Å². The molecule has 2 rings (SSSR count). The molecule has 0 spiro atoms. The first-order chi connectivity index (χ1) is 11.2. The smallest absolute Gasteiger partial charge is 0.224 e. The number of methoxy groups -OCH3 is 2. The predicted octanol–water partition coefficient (Wildman–Crippen LogP) is 2.44. The van der Waals surface area contributed by atoms with Crippen LogP contribution in [0.25, 0.3) is 0 Å². The number of carbonyl (C=O) groups excluding carboxylic acids is 1. The molecule has 0 fully saturated rings. The summed E-state index contributed by atoms with van der Waals surface area (Å²) < 4.78 is 15.9. The van der Waals surface area contributed by atoms with Gasteiger partial charge in [0.25, 0.3) is 0 Å². The van der Waals surface area contributed by atoms with Gasteiger partial charge in [-0.2, -0.15) is 0 Å². The van der Waals surface area contributed by atoms with E-state index in [-0.39, 0.29) is 12.3 Å². The molecule has 2 aromatic carbocycles. The molecule has 1 N–H and O–H groups in total. The number of carbonyl (C=O) groups is 1. The van der Waals surface area contributed by atoms with E-state index >= 15 is 0 Å². The number of ether oxygens (including phenoxy) is 3. The fraction of sp³-hybridized carbons (Fsp3) is 0.278. The molecule has 0 saturated carbocycles. The maximum absolute atomic E-state index is 11.9.